The van der Waals surface area contributed by atoms with Crippen molar-refractivity contribution in [3.63, 3.8) is 0 Å². The third-order valence-corrected chi connectivity index (χ3v) is 23.5. The zero-order valence-corrected chi connectivity index (χ0v) is 54.0. The Morgan fingerprint density at radius 3 is 1.23 bits per heavy atom. The van der Waals surface area contributed by atoms with Crippen molar-refractivity contribution in [2.75, 3.05) is 26.4 Å². The Morgan fingerprint density at radius 2 is 0.765 bits per heavy atom. The molecular weight excluding hydrogens is 1050 g/mol. The maximum atomic E-state index is 7.18. The molecule has 0 atom stereocenters. The number of hydrogen-bond acceptors (Lipinski definition) is 6. The average molecular weight is 1150 g/mol. The van der Waals surface area contributed by atoms with Gasteiger partial charge in [0.25, 0.3) is 0 Å². The third-order valence-electron chi connectivity index (χ3n) is 17.9. The van der Waals surface area contributed by atoms with E-state index < -0.39 is 20.4 Å². The summed E-state index contributed by atoms with van der Waals surface area (Å²) in [6, 6.07) is 35.0. The molecule has 0 amide bonds. The fourth-order valence-electron chi connectivity index (χ4n) is 13.7. The van der Waals surface area contributed by atoms with E-state index in [1.807, 2.05) is 22.7 Å². The van der Waals surface area contributed by atoms with Crippen molar-refractivity contribution in [3.8, 4) is 31.3 Å². The van der Waals surface area contributed by atoms with Gasteiger partial charge in [-0.25, -0.2) is 0 Å². The van der Waals surface area contributed by atoms with Gasteiger partial charge in [0.1, 0.15) is 8.80 Å². The zero-order valence-electron chi connectivity index (χ0n) is 51.4. The van der Waals surface area contributed by atoms with Crippen molar-refractivity contribution in [1.29, 1.82) is 0 Å². The molecule has 4 nitrogen and oxygen atoms in total. The summed E-state index contributed by atoms with van der Waals surface area (Å²) in [5, 5.41) is 5.50. The molecule has 0 bridgehead atoms. The molecule has 4 aromatic carbocycles. The molecule has 0 N–H and O–H groups in total. The summed E-state index contributed by atoms with van der Waals surface area (Å²) in [5.74, 6) is -1.96. The van der Waals surface area contributed by atoms with E-state index in [2.05, 4.69) is 133 Å². The maximum Gasteiger partial charge on any atom is 0.224 e. The van der Waals surface area contributed by atoms with E-state index >= 15 is 0 Å². The summed E-state index contributed by atoms with van der Waals surface area (Å²) in [5.41, 5.74) is 12.7. The minimum absolute atomic E-state index is 0.541. The molecule has 0 saturated heterocycles. The van der Waals surface area contributed by atoms with Gasteiger partial charge in [0, 0.05) is 73.8 Å². The van der Waals surface area contributed by atoms with Gasteiger partial charge < -0.3 is 18.9 Å². The van der Waals surface area contributed by atoms with Gasteiger partial charge in [-0.05, 0) is 139 Å². The second kappa shape index (κ2) is 30.9. The molecule has 437 valence electrons. The number of benzene rings is 4. The van der Waals surface area contributed by atoms with Gasteiger partial charge in [-0.1, -0.05) is 229 Å². The second-order valence-electron chi connectivity index (χ2n) is 23.8. The fraction of sp³-hybridized carbons (Fsp3) is 0.568. The van der Waals surface area contributed by atoms with Crippen LogP contribution in [0.15, 0.2) is 84.9 Å². The lowest BCUT2D eigenvalue weighted by molar-refractivity contribution is -0.210. The predicted octanol–water partition coefficient (Wildman–Crippen LogP) is 22.2. The Labute approximate surface area is 500 Å². The van der Waals surface area contributed by atoms with E-state index in [-0.39, 0.29) is 0 Å². The SMILES string of the molecule is CCCCCCCCCCCCc1ccc(-c2cc3c(s2)C2=C(c4cc5cc6c(cc5cc4C2(OCC)OCC)-c2sc(-c4ccc(CCCCCCCCCCCC)cc4)cc2C6(OCC)OCC)[Si]3CCCCCCCC)cc1. The van der Waals surface area contributed by atoms with E-state index in [1.165, 1.54) is 259 Å². The van der Waals surface area contributed by atoms with Crippen molar-refractivity contribution in [2.24, 2.45) is 0 Å². The summed E-state index contributed by atoms with van der Waals surface area (Å²) in [6.45, 7) is 17.6. The Hall–Kier alpha value is -3.66. The van der Waals surface area contributed by atoms with Crippen molar-refractivity contribution in [1.82, 2.24) is 0 Å². The van der Waals surface area contributed by atoms with Crippen LogP contribution in [0, 0.1) is 0 Å². The Bertz CT molecular complexity index is 2910. The number of aryl methyl sites for hydroxylation is 2. The molecule has 2 aromatic heterocycles. The molecule has 0 unspecified atom stereocenters. The van der Waals surface area contributed by atoms with Crippen LogP contribution in [0.3, 0.4) is 0 Å². The Balaban J connectivity index is 0.999. The maximum absolute atomic E-state index is 7.18. The smallest absolute Gasteiger partial charge is 0.224 e. The normalized spacial score (nSPS) is 14.8. The van der Waals surface area contributed by atoms with Crippen LogP contribution in [0.2, 0.25) is 6.04 Å². The Morgan fingerprint density at radius 1 is 0.370 bits per heavy atom. The highest BCUT2D eigenvalue weighted by Gasteiger charge is 2.55. The summed E-state index contributed by atoms with van der Waals surface area (Å²) >= 11 is 3.86. The van der Waals surface area contributed by atoms with E-state index in [9.17, 15) is 0 Å². The molecule has 0 spiro atoms. The van der Waals surface area contributed by atoms with Crippen molar-refractivity contribution >= 4 is 58.2 Å². The molecule has 1 radical (unpaired) electrons. The summed E-state index contributed by atoms with van der Waals surface area (Å²) in [6.07, 6.45) is 37.5. The van der Waals surface area contributed by atoms with Gasteiger partial charge in [-0.15, -0.1) is 22.7 Å². The first-order chi connectivity index (χ1) is 39.9. The van der Waals surface area contributed by atoms with Crippen LogP contribution in [-0.2, 0) is 43.4 Å². The second-order valence-corrected chi connectivity index (χ2v) is 28.4. The van der Waals surface area contributed by atoms with Gasteiger partial charge in [0.05, 0.1) is 0 Å². The first kappa shape index (κ1) is 61.9. The average Bonchev–Trinajstić information content (AvgIpc) is 2.53. The Kier molecular flexibility index (Phi) is 23.6. The van der Waals surface area contributed by atoms with Gasteiger partial charge in [-0.3, -0.25) is 0 Å². The number of unbranched alkanes of at least 4 members (excludes halogenated alkanes) is 23. The molecule has 3 heterocycles. The highest BCUT2D eigenvalue weighted by atomic mass is 32.1. The highest BCUT2D eigenvalue weighted by molar-refractivity contribution is 7.20. The zero-order chi connectivity index (χ0) is 56.4. The van der Waals surface area contributed by atoms with Gasteiger partial charge in [0.15, 0.2) is 0 Å². The minimum Gasteiger partial charge on any atom is -0.342 e. The number of ether oxygens (including phenoxy) is 4. The van der Waals surface area contributed by atoms with Crippen molar-refractivity contribution < 1.29 is 18.9 Å². The molecule has 0 fully saturated rings. The number of rotatable bonds is 39. The molecule has 7 heteroatoms. The lowest BCUT2D eigenvalue weighted by Crippen LogP contribution is -2.34. The van der Waals surface area contributed by atoms with Gasteiger partial charge in [-0.2, -0.15) is 0 Å². The summed E-state index contributed by atoms with van der Waals surface area (Å²) in [4.78, 5) is 5.27. The van der Waals surface area contributed by atoms with Gasteiger partial charge in [0.2, 0.25) is 11.6 Å². The van der Waals surface area contributed by atoms with Gasteiger partial charge >= 0.3 is 0 Å². The lowest BCUT2D eigenvalue weighted by Gasteiger charge is -2.33. The molecule has 0 saturated carbocycles. The molecule has 81 heavy (non-hydrogen) atoms. The molecular formula is C74H101O4S2Si. The lowest BCUT2D eigenvalue weighted by atomic mass is 9.94. The predicted molar refractivity (Wildman–Crippen MR) is 353 cm³/mol. The van der Waals surface area contributed by atoms with Crippen LogP contribution < -0.4 is 5.19 Å². The molecule has 9 rings (SSSR count). The minimum atomic E-state index is -1.19. The van der Waals surface area contributed by atoms with Crippen LogP contribution in [-0.4, -0.2) is 35.2 Å². The van der Waals surface area contributed by atoms with E-state index in [1.54, 1.807) is 5.19 Å². The summed E-state index contributed by atoms with van der Waals surface area (Å²) < 4.78 is 28.2. The quantitative estimate of drug-likeness (QED) is 0.0219. The first-order valence-corrected chi connectivity index (χ1v) is 36.5. The largest absolute Gasteiger partial charge is 0.342 e. The topological polar surface area (TPSA) is 36.9 Å². The highest BCUT2D eigenvalue weighted by Crippen LogP contribution is 2.61. The molecule has 6 aromatic rings. The first-order valence-electron chi connectivity index (χ1n) is 33.2. The fourth-order valence-corrected chi connectivity index (χ4v) is 20.0. The molecule has 2 aliphatic carbocycles. The number of thiophene rings is 2. The van der Waals surface area contributed by atoms with E-state index in [0.29, 0.717) is 26.4 Å². The van der Waals surface area contributed by atoms with Crippen LogP contribution in [0.4, 0.5) is 0 Å². The number of hydrogen-bond donors (Lipinski definition) is 0. The third kappa shape index (κ3) is 14.2. The summed E-state index contributed by atoms with van der Waals surface area (Å²) in [7, 11) is -1.19. The monoisotopic (exact) mass is 1150 g/mol. The van der Waals surface area contributed by atoms with E-state index in [0.717, 1.165) is 17.5 Å². The van der Waals surface area contributed by atoms with E-state index in [4.69, 9.17) is 18.9 Å². The van der Waals surface area contributed by atoms with Crippen LogP contribution >= 0.6 is 22.7 Å². The molecule has 1 aliphatic heterocycles. The van der Waals surface area contributed by atoms with Crippen LogP contribution in [0.1, 0.15) is 254 Å². The standard InChI is InChI=1S/C74H101O4S2Si/c1-8-15-18-21-24-26-28-30-32-35-38-55-40-44-57(45-41-55)66-53-65-70(79-66)61-49-59-52-64-62(50-60(59)51-63(61)73(65,75-11-4)76-12-5)72-69(74(64,77-13-6)78-14-7)71-68(81(72)48-37-34-23-20-17-10-3)54-67(80-71)58-46-42-56(43-47-58)39-36-33-31-29-27-25-22-19-16-9-2/h40-47,49-54H,8-39,48H2,1-7H3. The molecule has 3 aliphatic rings. The van der Waals surface area contributed by atoms with Crippen LogP contribution in [0.5, 0.6) is 0 Å². The van der Waals surface area contributed by atoms with Crippen LogP contribution in [0.25, 0.3) is 52.9 Å². The van der Waals surface area contributed by atoms with Crippen molar-refractivity contribution in [2.45, 2.75) is 246 Å². The van der Waals surface area contributed by atoms with Crippen molar-refractivity contribution in [3.05, 3.63) is 123 Å². The number of fused-ring (bicyclic) bond motifs is 8.